The Morgan fingerprint density at radius 1 is 0.436 bits per heavy atom. The van der Waals surface area contributed by atoms with Crippen LogP contribution in [-0.4, -0.2) is 4.98 Å². The number of nitrogens with zero attached hydrogens (tertiary/aromatic N) is 2. The van der Waals surface area contributed by atoms with Gasteiger partial charge >= 0.3 is 0 Å². The minimum atomic E-state index is 0.896. The van der Waals surface area contributed by atoms with Crippen molar-refractivity contribution in [1.29, 1.82) is 0 Å². The molecule has 2 heterocycles. The molecular formula is C51H32N2OS. The van der Waals surface area contributed by atoms with E-state index in [0.29, 0.717) is 0 Å². The quantitative estimate of drug-likeness (QED) is 0.160. The molecular weight excluding hydrogens is 689 g/mol. The van der Waals surface area contributed by atoms with Crippen molar-refractivity contribution in [3.05, 3.63) is 194 Å². The molecule has 0 amide bonds. The summed E-state index contributed by atoms with van der Waals surface area (Å²) in [5, 5.41) is 8.05. The van der Waals surface area contributed by atoms with E-state index in [4.69, 9.17) is 9.40 Å². The van der Waals surface area contributed by atoms with Crippen LogP contribution < -0.4 is 4.90 Å². The number of furan rings is 1. The molecule has 3 nitrogen and oxygen atoms in total. The first-order chi connectivity index (χ1) is 27.3. The van der Waals surface area contributed by atoms with E-state index in [0.717, 1.165) is 60.7 Å². The van der Waals surface area contributed by atoms with Gasteiger partial charge in [-0.3, -0.25) is 0 Å². The number of hydrogen-bond acceptors (Lipinski definition) is 4. The maximum absolute atomic E-state index is 6.24. The van der Waals surface area contributed by atoms with Crippen molar-refractivity contribution in [3.8, 4) is 32.8 Å². The molecule has 11 aromatic rings. The SMILES string of the molecule is c1ccc(-c2nc3ccc4cc(-c5ccc6oc7ccccc7c6c5)c5ccc(N(c6ccccc6)c6ccccc6-c6ccccc6)cc5c4c3s2)cc1. The Morgan fingerprint density at radius 3 is 1.98 bits per heavy atom. The summed E-state index contributed by atoms with van der Waals surface area (Å²) in [5.74, 6) is 0. The fourth-order valence-electron chi connectivity index (χ4n) is 8.12. The van der Waals surface area contributed by atoms with Crippen molar-refractivity contribution in [1.82, 2.24) is 4.98 Å². The van der Waals surface area contributed by atoms with Crippen molar-refractivity contribution >= 4 is 82.1 Å². The Morgan fingerprint density at radius 2 is 1.15 bits per heavy atom. The van der Waals surface area contributed by atoms with Gasteiger partial charge < -0.3 is 9.32 Å². The normalized spacial score (nSPS) is 11.6. The van der Waals surface area contributed by atoms with Gasteiger partial charge in [-0.25, -0.2) is 4.98 Å². The molecule has 0 aliphatic heterocycles. The minimum absolute atomic E-state index is 0.896. The molecule has 9 aromatic carbocycles. The Balaban J connectivity index is 1.21. The van der Waals surface area contributed by atoms with E-state index in [1.54, 1.807) is 11.3 Å². The summed E-state index contributed by atoms with van der Waals surface area (Å²) in [6.07, 6.45) is 0. The first-order valence-electron chi connectivity index (χ1n) is 18.5. The van der Waals surface area contributed by atoms with E-state index in [1.807, 2.05) is 12.1 Å². The van der Waals surface area contributed by atoms with Crippen LogP contribution in [0.4, 0.5) is 17.1 Å². The van der Waals surface area contributed by atoms with Crippen LogP contribution >= 0.6 is 11.3 Å². The first kappa shape index (κ1) is 31.5. The monoisotopic (exact) mass is 720 g/mol. The average molecular weight is 721 g/mol. The summed E-state index contributed by atoms with van der Waals surface area (Å²) in [5.41, 5.74) is 11.9. The third kappa shape index (κ3) is 5.30. The highest BCUT2D eigenvalue weighted by atomic mass is 32.1. The zero-order valence-electron chi connectivity index (χ0n) is 29.7. The van der Waals surface area contributed by atoms with E-state index >= 15 is 0 Å². The van der Waals surface area contributed by atoms with Gasteiger partial charge in [-0.2, -0.15) is 0 Å². The van der Waals surface area contributed by atoms with Crippen molar-refractivity contribution in [2.75, 3.05) is 4.90 Å². The zero-order valence-corrected chi connectivity index (χ0v) is 30.5. The molecule has 4 heteroatoms. The van der Waals surface area contributed by atoms with Crippen LogP contribution in [0.1, 0.15) is 0 Å². The summed E-state index contributed by atoms with van der Waals surface area (Å²) in [7, 11) is 0. The smallest absolute Gasteiger partial charge is 0.135 e. The highest BCUT2D eigenvalue weighted by Crippen LogP contribution is 2.46. The number of rotatable bonds is 6. The Bertz CT molecular complexity index is 3200. The lowest BCUT2D eigenvalue weighted by Gasteiger charge is -2.28. The van der Waals surface area contributed by atoms with Crippen LogP contribution in [0.25, 0.3) is 86.5 Å². The van der Waals surface area contributed by atoms with E-state index in [1.165, 1.54) is 42.9 Å². The standard InChI is InChI=1S/C51H32N2OS/c1-4-14-33(15-5-1)39-20-10-12-22-46(39)53(37-18-8-3-9-19-37)38-26-27-40-42(35-25-29-48-43(30-35)41-21-11-13-23-47(41)54-48)31-36-24-28-45-50(49(36)44(40)32-38)55-51(52-45)34-16-6-2-7-17-34/h1-32H. The predicted octanol–water partition coefficient (Wildman–Crippen LogP) is 15.0. The molecule has 258 valence electrons. The van der Waals surface area contributed by atoms with Crippen LogP contribution in [0.5, 0.6) is 0 Å². The third-order valence-corrected chi connectivity index (χ3v) is 11.8. The van der Waals surface area contributed by atoms with Crippen LogP contribution in [0.15, 0.2) is 199 Å². The Hall–Kier alpha value is -7.01. The number of anilines is 3. The number of para-hydroxylation sites is 3. The van der Waals surface area contributed by atoms with Gasteiger partial charge in [-0.15, -0.1) is 11.3 Å². The van der Waals surface area contributed by atoms with E-state index in [-0.39, 0.29) is 0 Å². The second kappa shape index (κ2) is 12.8. The molecule has 0 radical (unpaired) electrons. The Labute approximate surface area is 322 Å². The van der Waals surface area contributed by atoms with Gasteiger partial charge in [0.25, 0.3) is 0 Å². The lowest BCUT2D eigenvalue weighted by molar-refractivity contribution is 0.669. The van der Waals surface area contributed by atoms with Gasteiger partial charge in [0.1, 0.15) is 16.2 Å². The van der Waals surface area contributed by atoms with Crippen LogP contribution in [0.2, 0.25) is 0 Å². The summed E-state index contributed by atoms with van der Waals surface area (Å²) in [4.78, 5) is 7.57. The molecule has 11 rings (SSSR count). The van der Waals surface area contributed by atoms with Gasteiger partial charge in [0.15, 0.2) is 0 Å². The van der Waals surface area contributed by atoms with Gasteiger partial charge in [-0.1, -0.05) is 133 Å². The fraction of sp³-hybridized carbons (Fsp3) is 0. The molecule has 0 saturated heterocycles. The molecule has 0 bridgehead atoms. The van der Waals surface area contributed by atoms with Crippen LogP contribution in [0.3, 0.4) is 0 Å². The molecule has 0 N–H and O–H groups in total. The molecule has 0 saturated carbocycles. The van der Waals surface area contributed by atoms with Crippen LogP contribution in [0, 0.1) is 0 Å². The maximum Gasteiger partial charge on any atom is 0.135 e. The molecule has 0 atom stereocenters. The third-order valence-electron chi connectivity index (χ3n) is 10.7. The van der Waals surface area contributed by atoms with Crippen LogP contribution in [-0.2, 0) is 0 Å². The van der Waals surface area contributed by atoms with Crippen molar-refractivity contribution in [3.63, 3.8) is 0 Å². The summed E-state index contributed by atoms with van der Waals surface area (Å²) in [6.45, 7) is 0. The number of thiazole rings is 1. The van der Waals surface area contributed by atoms with Gasteiger partial charge in [0.2, 0.25) is 0 Å². The molecule has 2 aromatic heterocycles. The number of fused-ring (bicyclic) bond motifs is 8. The fourth-order valence-corrected chi connectivity index (χ4v) is 9.26. The number of aromatic nitrogens is 1. The number of benzene rings is 9. The van der Waals surface area contributed by atoms with Crippen molar-refractivity contribution in [2.45, 2.75) is 0 Å². The largest absolute Gasteiger partial charge is 0.456 e. The van der Waals surface area contributed by atoms with E-state index < -0.39 is 0 Å². The highest BCUT2D eigenvalue weighted by Gasteiger charge is 2.21. The molecule has 0 aliphatic carbocycles. The number of hydrogen-bond donors (Lipinski definition) is 0. The average Bonchev–Trinajstić information content (AvgIpc) is 3.86. The second-order valence-electron chi connectivity index (χ2n) is 13.9. The zero-order chi connectivity index (χ0) is 36.3. The lowest BCUT2D eigenvalue weighted by Crippen LogP contribution is -2.11. The second-order valence-corrected chi connectivity index (χ2v) is 14.9. The van der Waals surface area contributed by atoms with Gasteiger partial charge in [-0.05, 0) is 93.5 Å². The molecule has 0 unspecified atom stereocenters. The van der Waals surface area contributed by atoms with Crippen molar-refractivity contribution in [2.24, 2.45) is 0 Å². The summed E-state index contributed by atoms with van der Waals surface area (Å²) in [6, 6.07) is 69.2. The van der Waals surface area contributed by atoms with Crippen molar-refractivity contribution < 1.29 is 4.42 Å². The topological polar surface area (TPSA) is 29.3 Å². The summed E-state index contributed by atoms with van der Waals surface area (Å²) < 4.78 is 7.44. The molecule has 55 heavy (non-hydrogen) atoms. The van der Waals surface area contributed by atoms with Gasteiger partial charge in [0, 0.05) is 38.7 Å². The minimum Gasteiger partial charge on any atom is -0.456 e. The van der Waals surface area contributed by atoms with E-state index in [9.17, 15) is 0 Å². The lowest BCUT2D eigenvalue weighted by atomic mass is 9.91. The first-order valence-corrected chi connectivity index (χ1v) is 19.4. The summed E-state index contributed by atoms with van der Waals surface area (Å²) >= 11 is 1.77. The maximum atomic E-state index is 6.24. The highest BCUT2D eigenvalue weighted by molar-refractivity contribution is 7.22. The van der Waals surface area contributed by atoms with E-state index in [2.05, 4.69) is 187 Å². The Kier molecular flexibility index (Phi) is 7.35. The molecule has 0 fully saturated rings. The predicted molar refractivity (Wildman–Crippen MR) is 233 cm³/mol. The molecule has 0 spiro atoms. The van der Waals surface area contributed by atoms with Gasteiger partial charge in [0.05, 0.1) is 15.9 Å². The molecule has 0 aliphatic rings.